The molecule has 0 aromatic heterocycles. The second-order valence-corrected chi connectivity index (χ2v) is 24.8. The third-order valence-corrected chi connectivity index (χ3v) is 20.9. The number of carbonyl (C=O) groups is 9. The van der Waals surface area contributed by atoms with Crippen molar-refractivity contribution in [3.05, 3.63) is 22.3 Å². The van der Waals surface area contributed by atoms with Gasteiger partial charge in [0.25, 0.3) is 0 Å². The van der Waals surface area contributed by atoms with Gasteiger partial charge in [-0.25, -0.2) is 0 Å². The van der Waals surface area contributed by atoms with E-state index in [9.17, 15) is 43.2 Å². The van der Waals surface area contributed by atoms with E-state index in [0.717, 1.165) is 0 Å². The summed E-state index contributed by atoms with van der Waals surface area (Å²) in [6.07, 6.45) is 0.306. The van der Waals surface area contributed by atoms with Crippen LogP contribution in [0.5, 0.6) is 0 Å². The van der Waals surface area contributed by atoms with Crippen molar-refractivity contribution in [1.82, 2.24) is 0 Å². The van der Waals surface area contributed by atoms with Gasteiger partial charge < -0.3 is 0 Å². The predicted molar refractivity (Wildman–Crippen MR) is 198 cm³/mol. The average Bonchev–Trinajstić information content (AvgIpc) is 3.49. The monoisotopic (exact) mass is 960 g/mol. The van der Waals surface area contributed by atoms with Gasteiger partial charge >= 0.3 is 368 Å². The first-order valence-electron chi connectivity index (χ1n) is 20.8. The molecule has 0 spiro atoms. The van der Waals surface area contributed by atoms with Gasteiger partial charge in [0.1, 0.15) is 0 Å². The van der Waals surface area contributed by atoms with Crippen LogP contribution in [0.15, 0.2) is 22.3 Å². The van der Waals surface area contributed by atoms with E-state index >= 15 is 0 Å². The molecule has 0 aromatic rings. The number of carbonyl (C=O) groups excluding carboxylic acids is 9. The van der Waals surface area contributed by atoms with E-state index < -0.39 is 127 Å². The molecule has 0 saturated carbocycles. The van der Waals surface area contributed by atoms with Gasteiger partial charge in [-0.15, -0.1) is 0 Å². The summed E-state index contributed by atoms with van der Waals surface area (Å²) in [4.78, 5) is 119. The minimum atomic E-state index is -5.62. The zero-order valence-corrected chi connectivity index (χ0v) is 40.9. The zero-order valence-electron chi connectivity index (χ0n) is 36.2. The average molecular weight is 960 g/mol. The molecule has 1 atom stereocenters. The molecular formula is C39H60O18Ti3. The molecule has 2 rings (SSSR count). The van der Waals surface area contributed by atoms with Gasteiger partial charge in [-0.3, -0.25) is 0 Å². The summed E-state index contributed by atoms with van der Waals surface area (Å²) in [6, 6.07) is 0. The van der Waals surface area contributed by atoms with Gasteiger partial charge in [0, 0.05) is 0 Å². The van der Waals surface area contributed by atoms with Gasteiger partial charge in [0.05, 0.1) is 0 Å². The van der Waals surface area contributed by atoms with Crippen LogP contribution in [-0.4, -0.2) is 53.7 Å². The quantitative estimate of drug-likeness (QED) is 0.0862. The standard InChI is InChI=1S/C12H15.9C3H6O2.3Ti/c1-8-9(2)11-6-4-5-7-12(11)10(8)3;9*1-2-3(4)5;;;/h9H,1-7H2;9*2H2,1H3,(H,4,5);;;/q;;;;;;;;;;3*+3/p-9. The molecule has 2 aliphatic rings. The molecule has 0 aromatic carbocycles. The molecule has 0 radical (unpaired) electrons. The van der Waals surface area contributed by atoms with Crippen molar-refractivity contribution in [2.75, 3.05) is 0 Å². The van der Waals surface area contributed by atoms with Crippen LogP contribution in [0.1, 0.15) is 146 Å². The van der Waals surface area contributed by atoms with Gasteiger partial charge in [-0.05, 0) is 0 Å². The van der Waals surface area contributed by atoms with E-state index in [4.69, 9.17) is 29.9 Å². The third kappa shape index (κ3) is 15.3. The molecule has 0 amide bonds. The van der Waals surface area contributed by atoms with Crippen LogP contribution < -0.4 is 0 Å². The Bertz CT molecular complexity index is 1560. The Labute approximate surface area is 365 Å². The first kappa shape index (κ1) is 53.0. The van der Waals surface area contributed by atoms with E-state index in [1.807, 2.05) is 0 Å². The van der Waals surface area contributed by atoms with Gasteiger partial charge in [-0.2, -0.15) is 0 Å². The van der Waals surface area contributed by atoms with Gasteiger partial charge in [0.15, 0.2) is 0 Å². The topological polar surface area (TPSA) is 237 Å². The molecule has 60 heavy (non-hydrogen) atoms. The summed E-state index contributed by atoms with van der Waals surface area (Å²) in [6.45, 7) is 13.5. The maximum absolute atomic E-state index is 13.2. The van der Waals surface area contributed by atoms with E-state index in [1.54, 1.807) is 0 Å². The first-order chi connectivity index (χ1) is 28.4. The molecular weight excluding hydrogens is 900 g/mol. The van der Waals surface area contributed by atoms with Gasteiger partial charge in [0.2, 0.25) is 0 Å². The Morgan fingerprint density at radius 2 is 0.667 bits per heavy atom. The molecule has 0 N–H and O–H groups in total. The molecule has 0 bridgehead atoms. The number of hydrogen-bond acceptors (Lipinski definition) is 18. The van der Waals surface area contributed by atoms with Crippen LogP contribution in [-0.2, 0) is 126 Å². The fourth-order valence-electron chi connectivity index (χ4n) is 6.41. The van der Waals surface area contributed by atoms with Crippen LogP contribution >= 0.6 is 0 Å². The van der Waals surface area contributed by atoms with Crippen molar-refractivity contribution in [2.45, 2.75) is 160 Å². The maximum atomic E-state index is 13.2. The molecule has 0 saturated heterocycles. The molecule has 1 unspecified atom stereocenters. The summed E-state index contributed by atoms with van der Waals surface area (Å²) >= 11 is -16.6. The summed E-state index contributed by atoms with van der Waals surface area (Å²) in [5.74, 6) is -8.49. The summed E-state index contributed by atoms with van der Waals surface area (Å²) in [7, 11) is 0. The molecule has 0 aliphatic heterocycles. The van der Waals surface area contributed by atoms with E-state index in [0.29, 0.717) is 42.4 Å². The number of hydrogen-bond donors (Lipinski definition) is 0. The van der Waals surface area contributed by atoms with Crippen molar-refractivity contribution < 1.29 is 126 Å². The number of allylic oxidation sites excluding steroid dienone is 4. The van der Waals surface area contributed by atoms with Crippen molar-refractivity contribution in [1.29, 1.82) is 0 Å². The summed E-state index contributed by atoms with van der Waals surface area (Å²) in [5, 5.41) is 0. The zero-order chi connectivity index (χ0) is 45.3. The SMILES string of the molecule is CCC(=O)[O][Ti]([CH2]C1=C([CH2][Ti]([O]C(=O)CC)([O]C(=O)CC)[O]C(=O)CC)C([CH2][Ti]([O]C(=O)CC)([O]C(=O)CC)[O]C(=O)CC)C2=C1CCCC2)([O]C(=O)CC)[O]C(=O)CC. The minimum absolute atomic E-state index is 0.178. The van der Waals surface area contributed by atoms with Crippen molar-refractivity contribution in [2.24, 2.45) is 5.92 Å². The van der Waals surface area contributed by atoms with Crippen LogP contribution in [0.4, 0.5) is 0 Å². The molecule has 336 valence electrons. The van der Waals surface area contributed by atoms with Crippen molar-refractivity contribution in [3.8, 4) is 0 Å². The normalized spacial score (nSPS) is 15.2. The van der Waals surface area contributed by atoms with Crippen molar-refractivity contribution in [3.63, 3.8) is 0 Å². The Hall–Kier alpha value is -3.15. The Morgan fingerprint density at radius 3 is 0.967 bits per heavy atom. The summed E-state index contributed by atoms with van der Waals surface area (Å²) in [5.41, 5.74) is 1.87. The molecule has 0 heterocycles. The molecule has 21 heteroatoms. The molecule has 2 aliphatic carbocycles. The van der Waals surface area contributed by atoms with E-state index in [1.165, 1.54) is 62.3 Å². The first-order valence-corrected chi connectivity index (χ1v) is 29.8. The fraction of sp³-hybridized carbons (Fsp3) is 0.667. The molecule has 0 fully saturated rings. The fourth-order valence-corrected chi connectivity index (χ4v) is 19.3. The van der Waals surface area contributed by atoms with Crippen LogP contribution in [0.3, 0.4) is 0 Å². The van der Waals surface area contributed by atoms with Crippen LogP contribution in [0.2, 0.25) is 14.2 Å². The van der Waals surface area contributed by atoms with Crippen LogP contribution in [0.25, 0.3) is 0 Å². The van der Waals surface area contributed by atoms with Crippen molar-refractivity contribution >= 4 is 53.7 Å². The van der Waals surface area contributed by atoms with Crippen LogP contribution in [0, 0.1) is 5.92 Å². The second kappa shape index (κ2) is 25.1. The summed E-state index contributed by atoms with van der Waals surface area (Å²) < 4.78 is 51.8. The Balaban J connectivity index is 3.29. The Kier molecular flexibility index (Phi) is 22.2. The van der Waals surface area contributed by atoms with E-state index in [2.05, 4.69) is 0 Å². The Morgan fingerprint density at radius 1 is 0.400 bits per heavy atom. The number of rotatable bonds is 24. The predicted octanol–water partition coefficient (Wildman–Crippen LogP) is 7.31. The second-order valence-electron chi connectivity index (χ2n) is 13.8. The molecule has 18 nitrogen and oxygen atoms in total. The third-order valence-electron chi connectivity index (χ3n) is 9.38. The van der Waals surface area contributed by atoms with E-state index in [-0.39, 0.29) is 63.4 Å². The van der Waals surface area contributed by atoms with Gasteiger partial charge in [-0.1, -0.05) is 0 Å².